The number of likely N-dealkylation sites (N-methyl/N-ethyl adjacent to an activating group) is 2. The Hall–Kier alpha value is -0.610. The van der Waals surface area contributed by atoms with Gasteiger partial charge in [0.25, 0.3) is 0 Å². The van der Waals surface area contributed by atoms with Gasteiger partial charge in [0.05, 0.1) is 0 Å². The molecule has 1 aliphatic rings. The van der Waals surface area contributed by atoms with Crippen LogP contribution in [0.15, 0.2) is 0 Å². The third-order valence-electron chi connectivity index (χ3n) is 4.06. The predicted octanol–water partition coefficient (Wildman–Crippen LogP) is 1.16. The van der Waals surface area contributed by atoms with Crippen molar-refractivity contribution in [3.05, 3.63) is 0 Å². The number of carbonyl (C=O) groups is 1. The maximum Gasteiger partial charge on any atom is 0.226 e. The van der Waals surface area contributed by atoms with E-state index in [9.17, 15) is 4.79 Å². The molecule has 106 valence electrons. The van der Waals surface area contributed by atoms with Gasteiger partial charge in [0.2, 0.25) is 5.91 Å². The van der Waals surface area contributed by atoms with Crippen LogP contribution >= 0.6 is 0 Å². The first-order valence-electron chi connectivity index (χ1n) is 7.16. The fourth-order valence-electron chi connectivity index (χ4n) is 3.17. The lowest BCUT2D eigenvalue weighted by Crippen LogP contribution is -2.47. The molecule has 0 aromatic carbocycles. The van der Waals surface area contributed by atoms with Crippen LogP contribution in [0.25, 0.3) is 0 Å². The fourth-order valence-corrected chi connectivity index (χ4v) is 3.17. The Balaban J connectivity index is 2.66. The van der Waals surface area contributed by atoms with Gasteiger partial charge in [-0.15, -0.1) is 0 Å². The van der Waals surface area contributed by atoms with E-state index in [4.69, 9.17) is 5.73 Å². The van der Waals surface area contributed by atoms with Crippen molar-refractivity contribution < 1.29 is 4.79 Å². The lowest BCUT2D eigenvalue weighted by Gasteiger charge is -2.33. The minimum absolute atomic E-state index is 0.166. The Bertz CT molecular complexity index is 268. The summed E-state index contributed by atoms with van der Waals surface area (Å²) in [6, 6.07) is 0.275. The van der Waals surface area contributed by atoms with Crippen LogP contribution in [0.4, 0.5) is 0 Å². The van der Waals surface area contributed by atoms with Crippen molar-refractivity contribution in [1.82, 2.24) is 9.80 Å². The Morgan fingerprint density at radius 3 is 2.56 bits per heavy atom. The molecule has 0 spiro atoms. The van der Waals surface area contributed by atoms with E-state index < -0.39 is 0 Å². The number of hydrogen-bond donors (Lipinski definition) is 1. The van der Waals surface area contributed by atoms with Crippen molar-refractivity contribution >= 4 is 5.91 Å². The van der Waals surface area contributed by atoms with Crippen LogP contribution in [0.5, 0.6) is 0 Å². The standard InChI is InChI=1S/C14H29N3O/c1-5-17(11(2)10-16(3)4)14(18)13-8-6-7-12(13)9-15/h11-13H,5-10,15H2,1-4H3. The van der Waals surface area contributed by atoms with Gasteiger partial charge in [0.1, 0.15) is 0 Å². The summed E-state index contributed by atoms with van der Waals surface area (Å²) in [5, 5.41) is 0. The smallest absolute Gasteiger partial charge is 0.226 e. The lowest BCUT2D eigenvalue weighted by molar-refractivity contribution is -0.138. The van der Waals surface area contributed by atoms with Gasteiger partial charge in [-0.3, -0.25) is 4.79 Å². The normalized spacial score (nSPS) is 25.4. The molecule has 1 fully saturated rings. The quantitative estimate of drug-likeness (QED) is 0.775. The average molecular weight is 255 g/mol. The van der Waals surface area contributed by atoms with E-state index in [2.05, 4.69) is 18.7 Å². The van der Waals surface area contributed by atoms with Crippen LogP contribution in [0.3, 0.4) is 0 Å². The average Bonchev–Trinajstić information content (AvgIpc) is 2.76. The molecule has 4 nitrogen and oxygen atoms in total. The van der Waals surface area contributed by atoms with Gasteiger partial charge in [-0.2, -0.15) is 0 Å². The zero-order valence-corrected chi connectivity index (χ0v) is 12.4. The minimum atomic E-state index is 0.166. The van der Waals surface area contributed by atoms with Gasteiger partial charge in [0, 0.05) is 25.0 Å². The second kappa shape index (κ2) is 7.10. The molecular weight excluding hydrogens is 226 g/mol. The first-order valence-corrected chi connectivity index (χ1v) is 7.16. The monoisotopic (exact) mass is 255 g/mol. The zero-order chi connectivity index (χ0) is 13.7. The molecule has 1 saturated carbocycles. The molecule has 4 heteroatoms. The molecule has 0 aromatic heterocycles. The van der Waals surface area contributed by atoms with Gasteiger partial charge in [-0.25, -0.2) is 0 Å². The second-order valence-electron chi connectivity index (χ2n) is 5.77. The summed E-state index contributed by atoms with van der Waals surface area (Å²) in [4.78, 5) is 16.8. The van der Waals surface area contributed by atoms with Gasteiger partial charge in [-0.05, 0) is 53.2 Å². The molecule has 3 unspecified atom stereocenters. The van der Waals surface area contributed by atoms with Gasteiger partial charge in [-0.1, -0.05) is 6.42 Å². The van der Waals surface area contributed by atoms with Gasteiger partial charge < -0.3 is 15.5 Å². The van der Waals surface area contributed by atoms with Crippen molar-refractivity contribution in [2.45, 2.75) is 39.2 Å². The Kier molecular flexibility index (Phi) is 6.09. The summed E-state index contributed by atoms with van der Waals surface area (Å²) >= 11 is 0. The highest BCUT2D eigenvalue weighted by Gasteiger charge is 2.35. The molecule has 2 N–H and O–H groups in total. The Morgan fingerprint density at radius 2 is 2.06 bits per heavy atom. The van der Waals surface area contributed by atoms with Crippen molar-refractivity contribution in [3.63, 3.8) is 0 Å². The molecule has 1 amide bonds. The molecule has 3 atom stereocenters. The van der Waals surface area contributed by atoms with E-state index in [1.165, 1.54) is 0 Å². The van der Waals surface area contributed by atoms with E-state index >= 15 is 0 Å². The van der Waals surface area contributed by atoms with Gasteiger partial charge >= 0.3 is 0 Å². The summed E-state index contributed by atoms with van der Waals surface area (Å²) in [6.45, 7) is 6.56. The summed E-state index contributed by atoms with van der Waals surface area (Å²) in [5.74, 6) is 0.887. The molecule has 1 rings (SSSR count). The topological polar surface area (TPSA) is 49.6 Å². The number of hydrogen-bond acceptors (Lipinski definition) is 3. The molecule has 0 aromatic rings. The molecule has 1 aliphatic carbocycles. The molecule has 0 radical (unpaired) electrons. The number of nitrogens with two attached hydrogens (primary N) is 1. The van der Waals surface area contributed by atoms with Crippen molar-refractivity contribution in [1.29, 1.82) is 0 Å². The zero-order valence-electron chi connectivity index (χ0n) is 12.4. The van der Waals surface area contributed by atoms with Crippen LogP contribution in [0, 0.1) is 11.8 Å². The molecular formula is C14H29N3O. The molecule has 0 heterocycles. The number of nitrogens with zero attached hydrogens (tertiary/aromatic N) is 2. The summed E-state index contributed by atoms with van der Waals surface area (Å²) in [7, 11) is 4.10. The van der Waals surface area contributed by atoms with E-state index in [-0.39, 0.29) is 12.0 Å². The van der Waals surface area contributed by atoms with E-state index in [1.807, 2.05) is 19.0 Å². The van der Waals surface area contributed by atoms with Crippen LogP contribution < -0.4 is 5.73 Å². The first kappa shape index (κ1) is 15.4. The Morgan fingerprint density at radius 1 is 1.39 bits per heavy atom. The van der Waals surface area contributed by atoms with E-state index in [1.54, 1.807) is 0 Å². The van der Waals surface area contributed by atoms with Crippen molar-refractivity contribution in [2.24, 2.45) is 17.6 Å². The van der Waals surface area contributed by atoms with Crippen LogP contribution in [-0.2, 0) is 4.79 Å². The largest absolute Gasteiger partial charge is 0.339 e. The minimum Gasteiger partial charge on any atom is -0.339 e. The number of amides is 1. The highest BCUT2D eigenvalue weighted by Crippen LogP contribution is 2.32. The van der Waals surface area contributed by atoms with E-state index in [0.29, 0.717) is 18.4 Å². The summed E-state index contributed by atoms with van der Waals surface area (Å²) in [5.41, 5.74) is 5.78. The van der Waals surface area contributed by atoms with E-state index in [0.717, 1.165) is 32.4 Å². The SMILES string of the molecule is CCN(C(=O)C1CCCC1CN)C(C)CN(C)C. The van der Waals surface area contributed by atoms with Crippen LogP contribution in [0.1, 0.15) is 33.1 Å². The third kappa shape index (κ3) is 3.69. The van der Waals surface area contributed by atoms with Crippen LogP contribution in [0.2, 0.25) is 0 Å². The fraction of sp³-hybridized carbons (Fsp3) is 0.929. The second-order valence-corrected chi connectivity index (χ2v) is 5.77. The predicted molar refractivity (Wildman–Crippen MR) is 75.3 cm³/mol. The lowest BCUT2D eigenvalue weighted by atomic mass is 9.94. The van der Waals surface area contributed by atoms with Crippen LogP contribution in [-0.4, -0.2) is 55.5 Å². The van der Waals surface area contributed by atoms with Gasteiger partial charge in [0.15, 0.2) is 0 Å². The van der Waals surface area contributed by atoms with Crippen molar-refractivity contribution in [2.75, 3.05) is 33.7 Å². The Labute approximate surface area is 111 Å². The number of carbonyl (C=O) groups excluding carboxylic acids is 1. The molecule has 0 saturated heterocycles. The summed E-state index contributed by atoms with van der Waals surface area (Å²) in [6.07, 6.45) is 3.29. The maximum atomic E-state index is 12.6. The highest BCUT2D eigenvalue weighted by atomic mass is 16.2. The molecule has 18 heavy (non-hydrogen) atoms. The first-order chi connectivity index (χ1) is 8.51. The summed E-state index contributed by atoms with van der Waals surface area (Å²) < 4.78 is 0. The van der Waals surface area contributed by atoms with Crippen molar-refractivity contribution in [3.8, 4) is 0 Å². The molecule has 0 aliphatic heterocycles. The highest BCUT2D eigenvalue weighted by molar-refractivity contribution is 5.79. The number of rotatable bonds is 6. The molecule has 0 bridgehead atoms. The third-order valence-corrected chi connectivity index (χ3v) is 4.06. The maximum absolute atomic E-state index is 12.6.